The van der Waals surface area contributed by atoms with E-state index in [0.29, 0.717) is 5.92 Å². The maximum absolute atomic E-state index is 13.3. The van der Waals surface area contributed by atoms with Gasteiger partial charge in [0.15, 0.2) is 0 Å². The van der Waals surface area contributed by atoms with E-state index in [9.17, 15) is 4.39 Å². The Balaban J connectivity index is 2.62. The lowest BCUT2D eigenvalue weighted by Crippen LogP contribution is -2.28. The largest absolute Gasteiger partial charge is 0.271 e. The van der Waals surface area contributed by atoms with Crippen molar-refractivity contribution in [2.75, 3.05) is 0 Å². The Kier molecular flexibility index (Phi) is 5.89. The third-order valence-corrected chi connectivity index (χ3v) is 3.13. The molecule has 1 unspecified atom stereocenters. The Bertz CT molecular complexity index is 355. The lowest BCUT2D eigenvalue weighted by molar-refractivity contribution is 0.453. The second-order valence-corrected chi connectivity index (χ2v) is 5.12. The molecule has 2 nitrogen and oxygen atoms in total. The predicted molar refractivity (Wildman–Crippen MR) is 70.2 cm³/mol. The van der Waals surface area contributed by atoms with Crippen LogP contribution in [0, 0.1) is 11.7 Å². The first-order chi connectivity index (χ1) is 8.04. The Labute approximate surface area is 107 Å². The Morgan fingerprint density at radius 1 is 1.35 bits per heavy atom. The Morgan fingerprint density at radius 3 is 2.59 bits per heavy atom. The van der Waals surface area contributed by atoms with Crippen LogP contribution in [0.25, 0.3) is 0 Å². The number of rotatable bonds is 6. The van der Waals surface area contributed by atoms with Gasteiger partial charge in [0.2, 0.25) is 0 Å². The van der Waals surface area contributed by atoms with Gasteiger partial charge in [-0.15, -0.1) is 0 Å². The molecule has 0 aliphatic heterocycles. The van der Waals surface area contributed by atoms with Gasteiger partial charge in [-0.1, -0.05) is 44.4 Å². The van der Waals surface area contributed by atoms with Gasteiger partial charge < -0.3 is 0 Å². The summed E-state index contributed by atoms with van der Waals surface area (Å²) in [5.74, 6) is 5.79. The maximum Gasteiger partial charge on any atom is 0.142 e. The minimum atomic E-state index is -0.395. The molecule has 0 amide bonds. The van der Waals surface area contributed by atoms with Crippen LogP contribution in [0.4, 0.5) is 4.39 Å². The molecule has 17 heavy (non-hydrogen) atoms. The fourth-order valence-corrected chi connectivity index (χ4v) is 1.92. The number of hydrazine groups is 1. The number of nitrogens with one attached hydrogen (secondary N) is 1. The van der Waals surface area contributed by atoms with E-state index in [-0.39, 0.29) is 11.1 Å². The van der Waals surface area contributed by atoms with Crippen molar-refractivity contribution in [1.29, 1.82) is 0 Å². The van der Waals surface area contributed by atoms with Gasteiger partial charge in [0.1, 0.15) is 5.82 Å². The second kappa shape index (κ2) is 6.94. The van der Waals surface area contributed by atoms with Crippen molar-refractivity contribution in [3.05, 3.63) is 34.6 Å². The molecule has 0 bridgehead atoms. The van der Waals surface area contributed by atoms with Gasteiger partial charge >= 0.3 is 0 Å². The molecular formula is C13H20ClFN2. The van der Waals surface area contributed by atoms with Crippen LogP contribution in [0.5, 0.6) is 0 Å². The average molecular weight is 259 g/mol. The zero-order valence-corrected chi connectivity index (χ0v) is 11.1. The standard InChI is InChI=1S/C13H20ClFN2/c1-9(2)4-3-5-13(17-16)10-6-7-11(14)12(15)8-10/h6-9,13,17H,3-5,16H2,1-2H3. The normalized spacial score (nSPS) is 13.1. The van der Waals surface area contributed by atoms with E-state index >= 15 is 0 Å². The number of hydrogen-bond donors (Lipinski definition) is 2. The number of nitrogens with two attached hydrogens (primary N) is 1. The van der Waals surface area contributed by atoms with Crippen LogP contribution in [0.15, 0.2) is 18.2 Å². The molecule has 4 heteroatoms. The summed E-state index contributed by atoms with van der Waals surface area (Å²) in [5.41, 5.74) is 3.57. The SMILES string of the molecule is CC(C)CCCC(NN)c1ccc(Cl)c(F)c1. The smallest absolute Gasteiger partial charge is 0.142 e. The molecular weight excluding hydrogens is 239 g/mol. The second-order valence-electron chi connectivity index (χ2n) is 4.72. The van der Waals surface area contributed by atoms with Crippen LogP contribution in [-0.4, -0.2) is 0 Å². The first-order valence-electron chi connectivity index (χ1n) is 5.95. The van der Waals surface area contributed by atoms with E-state index in [0.717, 1.165) is 24.8 Å². The minimum Gasteiger partial charge on any atom is -0.271 e. The molecule has 0 aliphatic carbocycles. The zero-order chi connectivity index (χ0) is 12.8. The summed E-state index contributed by atoms with van der Waals surface area (Å²) in [6.45, 7) is 4.37. The van der Waals surface area contributed by atoms with Crippen molar-refractivity contribution >= 4 is 11.6 Å². The summed E-state index contributed by atoms with van der Waals surface area (Å²) in [6, 6.07) is 4.81. The first kappa shape index (κ1) is 14.4. The fraction of sp³-hybridized carbons (Fsp3) is 0.538. The number of halogens is 2. The molecule has 96 valence electrons. The van der Waals surface area contributed by atoms with E-state index in [4.69, 9.17) is 17.4 Å². The Hall–Kier alpha value is -0.640. The lowest BCUT2D eigenvalue weighted by atomic mass is 9.98. The van der Waals surface area contributed by atoms with Crippen LogP contribution in [0.1, 0.15) is 44.7 Å². The summed E-state index contributed by atoms with van der Waals surface area (Å²) in [6.07, 6.45) is 3.11. The first-order valence-corrected chi connectivity index (χ1v) is 6.33. The van der Waals surface area contributed by atoms with Crippen molar-refractivity contribution in [2.45, 2.75) is 39.2 Å². The van der Waals surface area contributed by atoms with E-state index in [1.54, 1.807) is 6.07 Å². The van der Waals surface area contributed by atoms with Crippen molar-refractivity contribution in [3.8, 4) is 0 Å². The van der Waals surface area contributed by atoms with Gasteiger partial charge in [0.25, 0.3) is 0 Å². The fourth-order valence-electron chi connectivity index (χ4n) is 1.81. The van der Waals surface area contributed by atoms with Gasteiger partial charge in [-0.2, -0.15) is 0 Å². The summed E-state index contributed by atoms with van der Waals surface area (Å²) >= 11 is 5.65. The predicted octanol–water partition coefficient (Wildman–Crippen LogP) is 3.81. The third kappa shape index (κ3) is 4.62. The number of benzene rings is 1. The monoisotopic (exact) mass is 258 g/mol. The Morgan fingerprint density at radius 2 is 2.06 bits per heavy atom. The van der Waals surface area contributed by atoms with Crippen LogP contribution < -0.4 is 11.3 Å². The quantitative estimate of drug-likeness (QED) is 0.602. The van der Waals surface area contributed by atoms with Crippen LogP contribution in [0.3, 0.4) is 0 Å². The van der Waals surface area contributed by atoms with Crippen molar-refractivity contribution in [1.82, 2.24) is 5.43 Å². The van der Waals surface area contributed by atoms with Crippen LogP contribution >= 0.6 is 11.6 Å². The molecule has 1 rings (SSSR count). The van der Waals surface area contributed by atoms with Crippen molar-refractivity contribution < 1.29 is 4.39 Å². The summed E-state index contributed by atoms with van der Waals surface area (Å²) in [7, 11) is 0. The molecule has 1 atom stereocenters. The highest BCUT2D eigenvalue weighted by Gasteiger charge is 2.11. The van der Waals surface area contributed by atoms with Gasteiger partial charge in [0, 0.05) is 6.04 Å². The van der Waals surface area contributed by atoms with E-state index in [2.05, 4.69) is 19.3 Å². The van der Waals surface area contributed by atoms with Gasteiger partial charge in [0.05, 0.1) is 5.02 Å². The number of hydrogen-bond acceptors (Lipinski definition) is 2. The van der Waals surface area contributed by atoms with E-state index < -0.39 is 5.82 Å². The molecule has 3 N–H and O–H groups in total. The molecule has 0 aromatic heterocycles. The highest BCUT2D eigenvalue weighted by atomic mass is 35.5. The zero-order valence-electron chi connectivity index (χ0n) is 10.3. The van der Waals surface area contributed by atoms with Crippen LogP contribution in [-0.2, 0) is 0 Å². The van der Waals surface area contributed by atoms with Crippen LogP contribution in [0.2, 0.25) is 5.02 Å². The van der Waals surface area contributed by atoms with Gasteiger partial charge in [-0.3, -0.25) is 11.3 Å². The molecule has 0 aliphatic rings. The minimum absolute atomic E-state index is 0.0134. The molecule has 1 aromatic rings. The summed E-state index contributed by atoms with van der Waals surface area (Å²) in [4.78, 5) is 0. The third-order valence-electron chi connectivity index (χ3n) is 2.82. The van der Waals surface area contributed by atoms with E-state index in [1.807, 2.05) is 6.07 Å². The molecule has 0 saturated carbocycles. The highest BCUT2D eigenvalue weighted by molar-refractivity contribution is 6.30. The van der Waals surface area contributed by atoms with Crippen molar-refractivity contribution in [2.24, 2.45) is 11.8 Å². The summed E-state index contributed by atoms with van der Waals surface area (Å²) in [5, 5.41) is 0.145. The topological polar surface area (TPSA) is 38.0 Å². The molecule has 0 fully saturated rings. The molecule has 0 spiro atoms. The maximum atomic E-state index is 13.3. The lowest BCUT2D eigenvalue weighted by Gasteiger charge is -2.17. The molecule has 0 radical (unpaired) electrons. The molecule has 0 saturated heterocycles. The highest BCUT2D eigenvalue weighted by Crippen LogP contribution is 2.23. The average Bonchev–Trinajstić information content (AvgIpc) is 2.28. The van der Waals surface area contributed by atoms with Crippen molar-refractivity contribution in [3.63, 3.8) is 0 Å². The summed E-state index contributed by atoms with van der Waals surface area (Å²) < 4.78 is 13.3. The molecule has 0 heterocycles. The molecule has 1 aromatic carbocycles. The van der Waals surface area contributed by atoms with Gasteiger partial charge in [-0.25, -0.2) is 4.39 Å². The van der Waals surface area contributed by atoms with Gasteiger partial charge in [-0.05, 0) is 30.0 Å². The van der Waals surface area contributed by atoms with E-state index in [1.165, 1.54) is 6.07 Å².